The number of benzene rings is 2. The van der Waals surface area contributed by atoms with Gasteiger partial charge in [-0.25, -0.2) is 9.19 Å². The molecule has 0 amide bonds. The molecular formula is C32H43ClN8O4S. The van der Waals surface area contributed by atoms with Crippen LogP contribution >= 0.6 is 11.6 Å². The number of rotatable bonds is 14. The van der Waals surface area contributed by atoms with Crippen LogP contribution < -0.4 is 24.6 Å². The van der Waals surface area contributed by atoms with E-state index < -0.39 is 5.97 Å². The van der Waals surface area contributed by atoms with Crippen LogP contribution in [0.15, 0.2) is 48.7 Å². The van der Waals surface area contributed by atoms with Crippen molar-refractivity contribution in [3.05, 3.63) is 53.7 Å². The molecule has 0 saturated carbocycles. The summed E-state index contributed by atoms with van der Waals surface area (Å²) >= 11 is 6.30. The maximum atomic E-state index is 11.5. The third-order valence-electron chi connectivity index (χ3n) is 8.67. The van der Waals surface area contributed by atoms with Gasteiger partial charge in [0.25, 0.3) is 0 Å². The predicted molar refractivity (Wildman–Crippen MR) is 186 cm³/mol. The van der Waals surface area contributed by atoms with Crippen molar-refractivity contribution >= 4 is 63.9 Å². The number of unbranched alkanes of at least 4 members (excludes halogenated alkanes) is 1. The number of thiol groups is 1. The molecule has 2 aliphatic rings. The molecule has 3 aromatic rings. The fourth-order valence-corrected chi connectivity index (χ4v) is 6.50. The summed E-state index contributed by atoms with van der Waals surface area (Å²) in [5.41, 5.74) is 3.29. The molecule has 46 heavy (non-hydrogen) atoms. The number of carbonyl (C=O) groups is 1. The molecule has 0 atom stereocenters. The third-order valence-corrected chi connectivity index (χ3v) is 9.41. The lowest BCUT2D eigenvalue weighted by Gasteiger charge is -2.43. The molecule has 0 bridgehead atoms. The highest BCUT2D eigenvalue weighted by molar-refractivity contribution is 7.67. The van der Waals surface area contributed by atoms with Crippen molar-refractivity contribution in [1.82, 2.24) is 19.8 Å². The van der Waals surface area contributed by atoms with Crippen LogP contribution in [0, 0.1) is 0 Å². The normalized spacial score (nSPS) is 16.3. The highest BCUT2D eigenvalue weighted by Gasteiger charge is 2.28. The van der Waals surface area contributed by atoms with Crippen molar-refractivity contribution in [3.63, 3.8) is 0 Å². The molecule has 14 heteroatoms. The van der Waals surface area contributed by atoms with Crippen molar-refractivity contribution in [3.8, 4) is 5.75 Å². The molecule has 248 valence electrons. The quantitative estimate of drug-likeness (QED) is 0.140. The Bertz CT molecular complexity index is 1480. The summed E-state index contributed by atoms with van der Waals surface area (Å²) in [5.74, 6) is 0.751. The van der Waals surface area contributed by atoms with Gasteiger partial charge in [0, 0.05) is 70.5 Å². The lowest BCUT2D eigenvalue weighted by molar-refractivity contribution is -0.137. The van der Waals surface area contributed by atoms with Gasteiger partial charge >= 0.3 is 5.97 Å². The number of hydrogen-bond donors (Lipinski definition) is 4. The van der Waals surface area contributed by atoms with E-state index in [0.29, 0.717) is 34.3 Å². The highest BCUT2D eigenvalue weighted by Crippen LogP contribution is 2.35. The van der Waals surface area contributed by atoms with Crippen LogP contribution in [0.5, 0.6) is 5.75 Å². The molecular weight excluding hydrogens is 628 g/mol. The van der Waals surface area contributed by atoms with Crippen LogP contribution in [0.3, 0.4) is 0 Å². The first kappa shape index (κ1) is 33.7. The summed E-state index contributed by atoms with van der Waals surface area (Å²) < 4.78 is 18.8. The Kier molecular flexibility index (Phi) is 11.9. The van der Waals surface area contributed by atoms with E-state index in [2.05, 4.69) is 47.4 Å². The van der Waals surface area contributed by atoms with Crippen molar-refractivity contribution in [2.75, 3.05) is 79.8 Å². The second-order valence-corrected chi connectivity index (χ2v) is 12.8. The molecule has 12 nitrogen and oxygen atoms in total. The van der Waals surface area contributed by atoms with Gasteiger partial charge in [0.15, 0.2) is 5.82 Å². The zero-order valence-corrected chi connectivity index (χ0v) is 28.0. The predicted octanol–water partition coefficient (Wildman–Crippen LogP) is 4.76. The Morgan fingerprint density at radius 3 is 2.54 bits per heavy atom. The highest BCUT2D eigenvalue weighted by atomic mass is 35.5. The maximum absolute atomic E-state index is 11.5. The number of piperazine rings is 1. The molecule has 0 unspecified atom stereocenters. The summed E-state index contributed by atoms with van der Waals surface area (Å²) in [4.78, 5) is 27.2. The molecule has 3 heterocycles. The van der Waals surface area contributed by atoms with Crippen LogP contribution in [-0.4, -0.2) is 101 Å². The zero-order valence-electron chi connectivity index (χ0n) is 26.4. The van der Waals surface area contributed by atoms with Gasteiger partial charge in [-0.2, -0.15) is 4.98 Å². The Hall–Kier alpha value is -3.65. The summed E-state index contributed by atoms with van der Waals surface area (Å²) in [6.07, 6.45) is 5.72. The summed E-state index contributed by atoms with van der Waals surface area (Å²) in [6, 6.07) is 14.2. The number of aromatic nitrogens is 2. The average Bonchev–Trinajstić information content (AvgIpc) is 3.08. The maximum Gasteiger partial charge on any atom is 0.303 e. The molecule has 0 aliphatic carbocycles. The van der Waals surface area contributed by atoms with E-state index in [9.17, 15) is 9.00 Å². The van der Waals surface area contributed by atoms with Gasteiger partial charge in [0.05, 0.1) is 30.4 Å². The Morgan fingerprint density at radius 1 is 1.07 bits per heavy atom. The lowest BCUT2D eigenvalue weighted by Crippen LogP contribution is -2.53. The smallest absolute Gasteiger partial charge is 0.303 e. The number of carboxylic acid groups (broad SMARTS) is 1. The second-order valence-electron chi connectivity index (χ2n) is 11.6. The van der Waals surface area contributed by atoms with Crippen LogP contribution in [0.25, 0.3) is 0 Å². The Morgan fingerprint density at radius 2 is 1.83 bits per heavy atom. The third kappa shape index (κ3) is 8.78. The van der Waals surface area contributed by atoms with Gasteiger partial charge in [-0.1, -0.05) is 23.7 Å². The van der Waals surface area contributed by atoms with Crippen molar-refractivity contribution < 1.29 is 18.8 Å². The first-order chi connectivity index (χ1) is 22.3. The minimum Gasteiger partial charge on any atom is -0.494 e. The van der Waals surface area contributed by atoms with Crippen LogP contribution in [0.2, 0.25) is 5.02 Å². The lowest BCUT2D eigenvalue weighted by atomic mass is 10.0. The number of piperidine rings is 1. The number of halogens is 1. The fourth-order valence-electron chi connectivity index (χ4n) is 6.10. The van der Waals surface area contributed by atoms with Gasteiger partial charge in [0.1, 0.15) is 22.6 Å². The SMILES string of the molecule is COc1cc(N2CCC(N3CCN(CCCCC(=O)O)CC3)CC2)ccc1Nc1ncc(Cl)c(Nc2ccccc2N(C)[SH]=O)n1. The number of aliphatic carboxylic acids is 1. The van der Waals surface area contributed by atoms with Crippen molar-refractivity contribution in [2.45, 2.75) is 38.1 Å². The summed E-state index contributed by atoms with van der Waals surface area (Å²) in [7, 11) is 3.38. The van der Waals surface area contributed by atoms with E-state index in [-0.39, 0.29) is 18.3 Å². The number of methoxy groups -OCH3 is 1. The molecule has 0 spiro atoms. The summed E-state index contributed by atoms with van der Waals surface area (Å²) in [6.45, 7) is 7.21. The molecule has 0 radical (unpaired) electrons. The van der Waals surface area contributed by atoms with Gasteiger partial charge in [-0.3, -0.25) is 14.0 Å². The fraction of sp³-hybridized carbons (Fsp3) is 0.469. The van der Waals surface area contributed by atoms with E-state index in [0.717, 1.165) is 88.6 Å². The first-order valence-electron chi connectivity index (χ1n) is 15.7. The average molecular weight is 671 g/mol. The number of nitrogens with zero attached hydrogens (tertiary/aromatic N) is 6. The molecule has 5 rings (SSSR count). The van der Waals surface area contributed by atoms with Crippen molar-refractivity contribution in [2.24, 2.45) is 0 Å². The first-order valence-corrected chi connectivity index (χ1v) is 16.8. The van der Waals surface area contributed by atoms with Gasteiger partial charge in [-0.15, -0.1) is 0 Å². The topological polar surface area (TPSA) is 126 Å². The van der Waals surface area contributed by atoms with Gasteiger partial charge in [0.2, 0.25) is 5.95 Å². The number of hydrogen-bond acceptors (Lipinski definition) is 10. The Balaban J connectivity index is 1.16. The largest absolute Gasteiger partial charge is 0.494 e. The zero-order chi connectivity index (χ0) is 32.5. The minimum absolute atomic E-state index is 0.131. The van der Waals surface area contributed by atoms with Gasteiger partial charge in [-0.05, 0) is 56.5 Å². The summed E-state index contributed by atoms with van der Waals surface area (Å²) in [5, 5.41) is 15.7. The number of carboxylic acids is 1. The minimum atomic E-state index is -0.706. The standard InChI is InChI=1S/C32H43ClN8O4S/c1-38(46-44)28-8-4-3-7-26(28)35-31-25(33)22-34-32(37-31)36-27-11-10-24(21-29(27)45-2)40-15-12-23(13-16-40)41-19-17-39(18-20-41)14-6-5-9-30(42)43/h3-4,7-8,10-11,21-23,46H,5-6,9,12-20H2,1-2H3,(H,42,43)(H2,34,35,36,37). The Labute approximate surface area is 279 Å². The van der Waals surface area contributed by atoms with E-state index in [1.165, 1.54) is 6.20 Å². The molecule has 2 aliphatic heterocycles. The van der Waals surface area contributed by atoms with E-state index >= 15 is 0 Å². The number of anilines is 6. The van der Waals surface area contributed by atoms with Crippen molar-refractivity contribution in [1.29, 1.82) is 0 Å². The van der Waals surface area contributed by atoms with E-state index in [1.54, 1.807) is 18.5 Å². The molecule has 3 N–H and O–H groups in total. The number of ether oxygens (including phenoxy) is 1. The molecule has 2 fully saturated rings. The molecule has 2 saturated heterocycles. The molecule has 1 aromatic heterocycles. The van der Waals surface area contributed by atoms with Crippen LogP contribution in [0.1, 0.15) is 32.1 Å². The van der Waals surface area contributed by atoms with Gasteiger partial charge < -0.3 is 30.3 Å². The second kappa shape index (κ2) is 16.3. The van der Waals surface area contributed by atoms with Crippen LogP contribution in [0.4, 0.5) is 34.5 Å². The molecule has 2 aromatic carbocycles. The van der Waals surface area contributed by atoms with Crippen LogP contribution in [-0.2, 0) is 16.6 Å². The van der Waals surface area contributed by atoms with E-state index in [4.69, 9.17) is 21.4 Å². The number of nitrogens with one attached hydrogen (secondary N) is 2. The number of para-hydroxylation sites is 2. The monoisotopic (exact) mass is 670 g/mol. The van der Waals surface area contributed by atoms with E-state index in [1.807, 2.05) is 30.3 Å².